The van der Waals surface area contributed by atoms with Crippen LogP contribution in [0.4, 0.5) is 5.69 Å². The zero-order valence-electron chi connectivity index (χ0n) is 22.9. The summed E-state index contributed by atoms with van der Waals surface area (Å²) in [7, 11) is 0. The van der Waals surface area contributed by atoms with E-state index in [4.69, 9.17) is 23.2 Å². The van der Waals surface area contributed by atoms with E-state index in [1.165, 1.54) is 17.1 Å². The zero-order valence-corrected chi connectivity index (χ0v) is 24.4. The number of carbonyl (C=O) groups is 1. The van der Waals surface area contributed by atoms with E-state index in [0.717, 1.165) is 11.1 Å². The third-order valence-electron chi connectivity index (χ3n) is 7.52. The predicted octanol–water partition coefficient (Wildman–Crippen LogP) is 6.08. The van der Waals surface area contributed by atoms with Crippen LogP contribution in [0.2, 0.25) is 10.2 Å². The summed E-state index contributed by atoms with van der Waals surface area (Å²) in [6.45, 7) is 1.87. The van der Waals surface area contributed by atoms with Crippen molar-refractivity contribution >= 4 is 34.8 Å². The highest BCUT2D eigenvalue weighted by molar-refractivity contribution is 6.31. The maximum Gasteiger partial charge on any atom is 0.254 e. The van der Waals surface area contributed by atoms with Crippen molar-refractivity contribution in [3.8, 4) is 34.1 Å². The molecular weight excluding hydrogens is 587 g/mol. The Balaban J connectivity index is 1.44. The van der Waals surface area contributed by atoms with Crippen LogP contribution >= 0.6 is 23.2 Å². The number of rotatable bonds is 3. The van der Waals surface area contributed by atoms with Gasteiger partial charge in [-0.2, -0.15) is 5.26 Å². The molecule has 1 amide bonds. The average Bonchev–Trinajstić information content (AvgIpc) is 3.44. The minimum Gasteiger partial charge on any atom is -0.325 e. The molecule has 12 heteroatoms. The van der Waals surface area contributed by atoms with E-state index in [9.17, 15) is 14.9 Å². The molecule has 0 fully saturated rings. The maximum absolute atomic E-state index is 13.7. The molecule has 0 radical (unpaired) electrons. The van der Waals surface area contributed by atoms with Gasteiger partial charge in [0, 0.05) is 40.0 Å². The van der Waals surface area contributed by atoms with Crippen molar-refractivity contribution in [3.05, 3.63) is 105 Å². The number of hydrogen-bond acceptors (Lipinski definition) is 7. The van der Waals surface area contributed by atoms with E-state index in [0.29, 0.717) is 58.2 Å². The summed E-state index contributed by atoms with van der Waals surface area (Å²) in [4.78, 5) is 36.1. The second-order valence-electron chi connectivity index (χ2n) is 10.3. The van der Waals surface area contributed by atoms with Crippen LogP contribution in [0.5, 0.6) is 0 Å². The Morgan fingerprint density at radius 1 is 1.00 bits per heavy atom. The van der Waals surface area contributed by atoms with Gasteiger partial charge in [0.1, 0.15) is 0 Å². The van der Waals surface area contributed by atoms with Gasteiger partial charge in [-0.1, -0.05) is 47.8 Å². The van der Waals surface area contributed by atoms with Crippen LogP contribution in [-0.2, 0) is 4.79 Å². The van der Waals surface area contributed by atoms with E-state index in [1.807, 2.05) is 25.1 Å². The van der Waals surface area contributed by atoms with Gasteiger partial charge in [-0.3, -0.25) is 19.1 Å². The minimum absolute atomic E-state index is 0.128. The van der Waals surface area contributed by atoms with Crippen LogP contribution in [0.25, 0.3) is 28.1 Å². The highest BCUT2D eigenvalue weighted by atomic mass is 35.5. The molecule has 2 atom stereocenters. The molecule has 3 aromatic heterocycles. The predicted molar refractivity (Wildman–Crippen MR) is 163 cm³/mol. The number of amides is 1. The summed E-state index contributed by atoms with van der Waals surface area (Å²) in [5.41, 5.74) is 4.57. The normalized spacial score (nSPS) is 16.7. The molecule has 1 aliphatic heterocycles. The van der Waals surface area contributed by atoms with Crippen LogP contribution < -0.4 is 10.9 Å². The Bertz CT molecular complexity index is 1960. The lowest BCUT2D eigenvalue weighted by Crippen LogP contribution is -2.27. The van der Waals surface area contributed by atoms with Gasteiger partial charge in [-0.25, -0.2) is 9.67 Å². The van der Waals surface area contributed by atoms with E-state index in [-0.39, 0.29) is 22.5 Å². The summed E-state index contributed by atoms with van der Waals surface area (Å²) in [5, 5.41) is 21.0. The van der Waals surface area contributed by atoms with E-state index >= 15 is 0 Å². The Kier molecular flexibility index (Phi) is 7.76. The fraction of sp³-hybridized carbons (Fsp3) is 0.194. The first kappa shape index (κ1) is 28.3. The van der Waals surface area contributed by atoms with Crippen LogP contribution in [-0.4, -0.2) is 35.4 Å². The van der Waals surface area contributed by atoms with E-state index < -0.39 is 6.04 Å². The molecule has 214 valence electrons. The summed E-state index contributed by atoms with van der Waals surface area (Å²) in [6, 6.07) is 17.3. The Labute approximate surface area is 256 Å². The minimum atomic E-state index is -0.432. The standard InChI is InChI=1S/C31H24Cl2N8O2/c1-18-3-2-4-28(26-12-20(9-10-35-26)22-7-5-19(15-34)11-25(22)37-31(18)43)40-17-36-24(14-30(40)42)23-13-21(32)6-8-27(23)41-16-29(33)38-39-41/h5-14,16-18,28H,2-4H2,1H3,(H,37,43). The molecule has 1 aliphatic rings. The number of aromatic nitrogens is 6. The number of carbonyl (C=O) groups excluding carboxylic acids is 1. The number of nitrogens with one attached hydrogen (secondary N) is 1. The lowest BCUT2D eigenvalue weighted by Gasteiger charge is -2.23. The largest absolute Gasteiger partial charge is 0.325 e. The van der Waals surface area contributed by atoms with Crippen molar-refractivity contribution in [3.63, 3.8) is 0 Å². The first-order valence-corrected chi connectivity index (χ1v) is 14.3. The first-order chi connectivity index (χ1) is 20.8. The van der Waals surface area contributed by atoms with Crippen LogP contribution in [0.15, 0.2) is 78.1 Å². The van der Waals surface area contributed by atoms with Crippen molar-refractivity contribution < 1.29 is 4.79 Å². The monoisotopic (exact) mass is 610 g/mol. The molecule has 2 aromatic carbocycles. The molecule has 0 spiro atoms. The smallest absolute Gasteiger partial charge is 0.254 e. The topological polar surface area (TPSA) is 131 Å². The van der Waals surface area contributed by atoms with Crippen LogP contribution in [0, 0.1) is 17.2 Å². The molecule has 2 bridgehead atoms. The Morgan fingerprint density at radius 2 is 1.86 bits per heavy atom. The van der Waals surface area contributed by atoms with Gasteiger partial charge in [0.05, 0.1) is 47.3 Å². The highest BCUT2D eigenvalue weighted by Gasteiger charge is 2.23. The number of pyridine rings is 1. The molecule has 5 aromatic rings. The Morgan fingerprint density at radius 3 is 2.63 bits per heavy atom. The number of nitriles is 1. The van der Waals surface area contributed by atoms with Gasteiger partial charge in [-0.15, -0.1) is 5.10 Å². The molecule has 6 rings (SSSR count). The van der Waals surface area contributed by atoms with Gasteiger partial charge in [-0.05, 0) is 60.9 Å². The first-order valence-electron chi connectivity index (χ1n) is 13.6. The molecule has 4 heterocycles. The zero-order chi connectivity index (χ0) is 30.1. The number of nitrogens with zero attached hydrogens (tertiary/aromatic N) is 7. The lowest BCUT2D eigenvalue weighted by molar-refractivity contribution is -0.119. The molecule has 0 saturated heterocycles. The van der Waals surface area contributed by atoms with E-state index in [1.54, 1.807) is 47.3 Å². The third kappa shape index (κ3) is 5.78. The molecule has 43 heavy (non-hydrogen) atoms. The van der Waals surface area contributed by atoms with Crippen molar-refractivity contribution in [2.75, 3.05) is 5.32 Å². The lowest BCUT2D eigenvalue weighted by atomic mass is 9.95. The molecular formula is C31H24Cl2N8O2. The van der Waals surface area contributed by atoms with Crippen molar-refractivity contribution in [1.29, 1.82) is 5.26 Å². The van der Waals surface area contributed by atoms with Gasteiger partial charge in [0.25, 0.3) is 5.56 Å². The van der Waals surface area contributed by atoms with Gasteiger partial charge < -0.3 is 5.32 Å². The molecule has 2 unspecified atom stereocenters. The second-order valence-corrected chi connectivity index (χ2v) is 11.2. The number of benzene rings is 2. The summed E-state index contributed by atoms with van der Waals surface area (Å²) >= 11 is 12.3. The number of halogens is 2. The van der Waals surface area contributed by atoms with Crippen molar-refractivity contribution in [2.45, 2.75) is 32.2 Å². The van der Waals surface area contributed by atoms with Crippen molar-refractivity contribution in [2.24, 2.45) is 5.92 Å². The number of hydrogen-bond donors (Lipinski definition) is 1. The van der Waals surface area contributed by atoms with Crippen molar-refractivity contribution in [1.82, 2.24) is 29.5 Å². The quantitative estimate of drug-likeness (QED) is 0.262. The average molecular weight is 611 g/mol. The summed E-state index contributed by atoms with van der Waals surface area (Å²) in [5.74, 6) is -0.411. The number of anilines is 1. The fourth-order valence-corrected chi connectivity index (χ4v) is 5.57. The summed E-state index contributed by atoms with van der Waals surface area (Å²) in [6.07, 6.45) is 6.58. The van der Waals surface area contributed by atoms with Gasteiger partial charge in [0.2, 0.25) is 5.91 Å². The second kappa shape index (κ2) is 11.8. The Hall–Kier alpha value is -4.85. The molecule has 0 aliphatic carbocycles. The molecule has 1 N–H and O–H groups in total. The molecule has 0 saturated carbocycles. The third-order valence-corrected chi connectivity index (χ3v) is 7.93. The van der Waals surface area contributed by atoms with Crippen LogP contribution in [0.1, 0.15) is 43.5 Å². The maximum atomic E-state index is 13.7. The summed E-state index contributed by atoms with van der Waals surface area (Å²) < 4.78 is 3.07. The number of fused-ring (bicyclic) bond motifs is 4. The fourth-order valence-electron chi connectivity index (χ4n) is 5.27. The van der Waals surface area contributed by atoms with Crippen LogP contribution in [0.3, 0.4) is 0 Å². The van der Waals surface area contributed by atoms with Gasteiger partial charge >= 0.3 is 0 Å². The SMILES string of the molecule is CC1CCCC(n2cnc(-c3cc(Cl)ccc3-n3cc(Cl)nn3)cc2=O)c2cc(ccn2)-c2ccc(C#N)cc2NC1=O. The van der Waals surface area contributed by atoms with E-state index in [2.05, 4.69) is 31.7 Å². The molecule has 10 nitrogen and oxygen atoms in total. The highest BCUT2D eigenvalue weighted by Crippen LogP contribution is 2.34. The van der Waals surface area contributed by atoms with Gasteiger partial charge in [0.15, 0.2) is 5.15 Å².